The predicted octanol–water partition coefficient (Wildman–Crippen LogP) is -2.71. The van der Waals surface area contributed by atoms with Crippen LogP contribution >= 0.6 is 0 Å². The van der Waals surface area contributed by atoms with Crippen molar-refractivity contribution in [2.75, 3.05) is 6.61 Å². The molecule has 0 aromatic rings. The molecule has 0 aliphatic heterocycles. The molecule has 0 fully saturated rings. The number of rotatable bonds is 7. The van der Waals surface area contributed by atoms with E-state index in [1.807, 2.05) is 0 Å². The van der Waals surface area contributed by atoms with Crippen molar-refractivity contribution in [2.45, 2.75) is 44.2 Å². The van der Waals surface area contributed by atoms with E-state index in [1.165, 1.54) is 0 Å². The Hall–Kier alpha value is -1.06. The van der Waals surface area contributed by atoms with Crippen molar-refractivity contribution in [3.63, 3.8) is 0 Å². The van der Waals surface area contributed by atoms with E-state index in [2.05, 4.69) is 4.74 Å². The molecule has 0 spiro atoms. The predicted molar refractivity (Wildman–Crippen MR) is 57.1 cm³/mol. The quantitative estimate of drug-likeness (QED) is 0.247. The Kier molecular flexibility index (Phi) is 7.64. The van der Waals surface area contributed by atoms with Crippen molar-refractivity contribution < 1.29 is 39.9 Å². The molecule has 8 heteroatoms. The fraction of sp³-hybridized carbons (Fsp3) is 0.800. The lowest BCUT2D eigenvalue weighted by Crippen LogP contribution is -2.49. The van der Waals surface area contributed by atoms with Gasteiger partial charge < -0.3 is 30.3 Å². The Balaban J connectivity index is 4.40. The number of carbonyl (C=O) groups excluding carboxylic acids is 2. The molecule has 0 amide bonds. The number of aliphatic hydroxyl groups is 5. The maximum atomic E-state index is 11.2. The average molecular weight is 266 g/mol. The number of hydrogen-bond donors (Lipinski definition) is 5. The second kappa shape index (κ2) is 8.11. The van der Waals surface area contributed by atoms with Crippen LogP contribution in [-0.2, 0) is 14.3 Å². The minimum atomic E-state index is -2.19. The molecule has 0 heterocycles. The number of carbonyl (C=O) groups is 2. The van der Waals surface area contributed by atoms with Crippen LogP contribution in [0.4, 0.5) is 0 Å². The van der Waals surface area contributed by atoms with Gasteiger partial charge in [-0.15, -0.1) is 0 Å². The Labute approximate surface area is 103 Å². The average Bonchev–Trinajstić information content (AvgIpc) is 2.35. The van der Waals surface area contributed by atoms with Crippen molar-refractivity contribution in [1.29, 1.82) is 0 Å². The van der Waals surface area contributed by atoms with Crippen LogP contribution < -0.4 is 0 Å². The van der Waals surface area contributed by atoms with Crippen LogP contribution in [-0.4, -0.2) is 68.5 Å². The zero-order chi connectivity index (χ0) is 14.3. The minimum absolute atomic E-state index is 0.0314. The molecule has 5 N–H and O–H groups in total. The van der Waals surface area contributed by atoms with Crippen molar-refractivity contribution in [3.8, 4) is 0 Å². The zero-order valence-corrected chi connectivity index (χ0v) is 9.89. The summed E-state index contributed by atoms with van der Waals surface area (Å²) in [6, 6.07) is 0. The highest BCUT2D eigenvalue weighted by atomic mass is 16.6. The largest absolute Gasteiger partial charge is 0.394 e. The Morgan fingerprint density at radius 3 is 2.11 bits per heavy atom. The smallest absolute Gasteiger partial charge is 0.345 e. The van der Waals surface area contributed by atoms with E-state index in [0.29, 0.717) is 6.42 Å². The minimum Gasteiger partial charge on any atom is -0.394 e. The highest BCUT2D eigenvalue weighted by molar-refractivity contribution is 5.88. The molecule has 0 bridgehead atoms. The standard InChI is InChI=1S/C10H18O8/c1-2-3-6(13)18-10(17)9(16)8(15)7(14)5(12)4-11/h5,7-9,11-12,14-16H,2-4H2,1H3/t5-,7-,8+,9-/m1/s1. The van der Waals surface area contributed by atoms with Crippen molar-refractivity contribution in [3.05, 3.63) is 0 Å². The number of hydrogen-bond acceptors (Lipinski definition) is 8. The van der Waals surface area contributed by atoms with E-state index in [-0.39, 0.29) is 6.42 Å². The molecule has 106 valence electrons. The third-order valence-corrected chi connectivity index (χ3v) is 2.16. The molecule has 4 atom stereocenters. The molecule has 0 unspecified atom stereocenters. The van der Waals surface area contributed by atoms with Crippen molar-refractivity contribution >= 4 is 11.9 Å². The topological polar surface area (TPSA) is 145 Å². The van der Waals surface area contributed by atoms with Gasteiger partial charge in [0.2, 0.25) is 0 Å². The maximum Gasteiger partial charge on any atom is 0.345 e. The summed E-state index contributed by atoms with van der Waals surface area (Å²) in [6.45, 7) is 0.813. The summed E-state index contributed by atoms with van der Waals surface area (Å²) in [7, 11) is 0. The Bertz CT molecular complexity index is 279. The van der Waals surface area contributed by atoms with E-state index in [4.69, 9.17) is 10.2 Å². The molecule has 0 aliphatic carbocycles. The van der Waals surface area contributed by atoms with E-state index >= 15 is 0 Å². The molecule has 0 saturated carbocycles. The fourth-order valence-corrected chi connectivity index (χ4v) is 1.09. The van der Waals surface area contributed by atoms with Gasteiger partial charge in [0.25, 0.3) is 0 Å². The van der Waals surface area contributed by atoms with Crippen LogP contribution in [0.15, 0.2) is 0 Å². The summed E-state index contributed by atoms with van der Waals surface area (Å²) in [6.07, 6.45) is -7.53. The van der Waals surface area contributed by atoms with Gasteiger partial charge in [-0.2, -0.15) is 0 Å². The summed E-state index contributed by atoms with van der Waals surface area (Å²) in [5.41, 5.74) is 0. The monoisotopic (exact) mass is 266 g/mol. The van der Waals surface area contributed by atoms with Gasteiger partial charge in [-0.3, -0.25) is 4.79 Å². The van der Waals surface area contributed by atoms with Gasteiger partial charge in [0, 0.05) is 6.42 Å². The van der Waals surface area contributed by atoms with E-state index < -0.39 is 43.0 Å². The Morgan fingerprint density at radius 1 is 1.11 bits per heavy atom. The van der Waals surface area contributed by atoms with Gasteiger partial charge in [0.05, 0.1) is 6.61 Å². The summed E-state index contributed by atoms with van der Waals surface area (Å²) < 4.78 is 4.19. The molecule has 0 radical (unpaired) electrons. The molecule has 0 aromatic heterocycles. The van der Waals surface area contributed by atoms with E-state index in [1.54, 1.807) is 6.92 Å². The SMILES string of the molecule is CCCC(=O)OC(=O)[C@H](O)[C@@H](O)[C@H](O)[C@H](O)CO. The molecule has 0 aromatic carbocycles. The third kappa shape index (κ3) is 5.07. The van der Waals surface area contributed by atoms with Gasteiger partial charge in [-0.25, -0.2) is 4.79 Å². The highest BCUT2D eigenvalue weighted by Crippen LogP contribution is 2.07. The van der Waals surface area contributed by atoms with Gasteiger partial charge in [0.15, 0.2) is 6.10 Å². The van der Waals surface area contributed by atoms with Gasteiger partial charge >= 0.3 is 11.9 Å². The first-order chi connectivity index (χ1) is 8.34. The highest BCUT2D eigenvalue weighted by Gasteiger charge is 2.35. The Morgan fingerprint density at radius 2 is 1.67 bits per heavy atom. The number of aliphatic hydroxyl groups excluding tert-OH is 5. The van der Waals surface area contributed by atoms with Crippen LogP contribution in [0.2, 0.25) is 0 Å². The molecular formula is C10H18O8. The fourth-order valence-electron chi connectivity index (χ4n) is 1.09. The molecule has 18 heavy (non-hydrogen) atoms. The third-order valence-electron chi connectivity index (χ3n) is 2.16. The second-order valence-electron chi connectivity index (χ2n) is 3.72. The van der Waals surface area contributed by atoms with Crippen LogP contribution in [0.25, 0.3) is 0 Å². The lowest BCUT2D eigenvalue weighted by molar-refractivity contribution is -0.176. The van der Waals surface area contributed by atoms with Crippen molar-refractivity contribution in [2.24, 2.45) is 0 Å². The molecular weight excluding hydrogens is 248 g/mol. The van der Waals surface area contributed by atoms with Crippen LogP contribution in [0.5, 0.6) is 0 Å². The molecule has 0 aliphatic rings. The van der Waals surface area contributed by atoms with Crippen molar-refractivity contribution in [1.82, 2.24) is 0 Å². The summed E-state index contributed by atoms with van der Waals surface area (Å²) in [5, 5.41) is 45.4. The number of ether oxygens (including phenoxy) is 1. The van der Waals surface area contributed by atoms with Gasteiger partial charge in [0.1, 0.15) is 18.3 Å². The number of esters is 2. The molecule has 8 nitrogen and oxygen atoms in total. The maximum absolute atomic E-state index is 11.2. The first-order valence-corrected chi connectivity index (χ1v) is 5.42. The van der Waals surface area contributed by atoms with Crippen LogP contribution in [0, 0.1) is 0 Å². The van der Waals surface area contributed by atoms with Crippen LogP contribution in [0.1, 0.15) is 19.8 Å². The normalized spacial score (nSPS) is 17.7. The second-order valence-corrected chi connectivity index (χ2v) is 3.72. The van der Waals surface area contributed by atoms with Gasteiger partial charge in [-0.1, -0.05) is 6.92 Å². The first kappa shape index (κ1) is 16.9. The lowest BCUT2D eigenvalue weighted by atomic mass is 10.0. The zero-order valence-electron chi connectivity index (χ0n) is 9.89. The summed E-state index contributed by atoms with van der Waals surface area (Å²) in [5.74, 6) is -2.30. The van der Waals surface area contributed by atoms with Crippen LogP contribution in [0.3, 0.4) is 0 Å². The van der Waals surface area contributed by atoms with Gasteiger partial charge in [-0.05, 0) is 6.42 Å². The summed E-state index contributed by atoms with van der Waals surface area (Å²) >= 11 is 0. The first-order valence-electron chi connectivity index (χ1n) is 5.42. The summed E-state index contributed by atoms with van der Waals surface area (Å²) in [4.78, 5) is 22.1. The van der Waals surface area contributed by atoms with E-state index in [0.717, 1.165) is 0 Å². The molecule has 0 rings (SSSR count). The van der Waals surface area contributed by atoms with E-state index in [9.17, 15) is 24.9 Å². The molecule has 0 saturated heterocycles. The lowest BCUT2D eigenvalue weighted by Gasteiger charge is -2.24.